The van der Waals surface area contributed by atoms with Crippen LogP contribution in [0.25, 0.3) is 17.2 Å². The Morgan fingerprint density at radius 1 is 1.03 bits per heavy atom. The average Bonchev–Trinajstić information content (AvgIpc) is 3.27. The van der Waals surface area contributed by atoms with Gasteiger partial charge >= 0.3 is 0 Å². The van der Waals surface area contributed by atoms with Gasteiger partial charge < -0.3 is 15.8 Å². The number of hydrogen-bond donors (Lipinski definition) is 2. The van der Waals surface area contributed by atoms with Crippen molar-refractivity contribution in [3.05, 3.63) is 78.5 Å². The smallest absolute Gasteiger partial charge is 0.248 e. The van der Waals surface area contributed by atoms with E-state index >= 15 is 0 Å². The SMILES string of the molecule is COc1ccc(-n2c(SCC(=O)Nc3ccc(C(N)=O)cc3)nnc2-c2ccccn2)cc1. The Hall–Kier alpha value is -4.18. The largest absolute Gasteiger partial charge is 0.497 e. The summed E-state index contributed by atoms with van der Waals surface area (Å²) in [7, 11) is 1.61. The number of nitrogens with zero attached hydrogens (tertiary/aromatic N) is 4. The van der Waals surface area contributed by atoms with Gasteiger partial charge in [0, 0.05) is 17.4 Å². The van der Waals surface area contributed by atoms with Crippen LogP contribution in [0.5, 0.6) is 5.75 Å². The second-order valence-electron chi connectivity index (χ2n) is 6.83. The maximum Gasteiger partial charge on any atom is 0.248 e. The van der Waals surface area contributed by atoms with E-state index in [1.807, 2.05) is 47.0 Å². The first-order valence-electron chi connectivity index (χ1n) is 9.89. The van der Waals surface area contributed by atoms with Crippen LogP contribution in [0.15, 0.2) is 78.1 Å². The third-order valence-electron chi connectivity index (χ3n) is 4.64. The third-order valence-corrected chi connectivity index (χ3v) is 5.57. The zero-order chi connectivity index (χ0) is 23.2. The van der Waals surface area contributed by atoms with E-state index in [1.54, 1.807) is 37.6 Å². The van der Waals surface area contributed by atoms with E-state index in [4.69, 9.17) is 10.5 Å². The van der Waals surface area contributed by atoms with E-state index in [9.17, 15) is 9.59 Å². The van der Waals surface area contributed by atoms with Crippen LogP contribution >= 0.6 is 11.8 Å². The van der Waals surface area contributed by atoms with Gasteiger partial charge in [0.05, 0.1) is 18.6 Å². The molecule has 0 aliphatic carbocycles. The molecule has 0 saturated carbocycles. The van der Waals surface area contributed by atoms with Crippen molar-refractivity contribution in [2.75, 3.05) is 18.2 Å². The predicted molar refractivity (Wildman–Crippen MR) is 125 cm³/mol. The van der Waals surface area contributed by atoms with Gasteiger partial charge in [-0.3, -0.25) is 19.1 Å². The highest BCUT2D eigenvalue weighted by atomic mass is 32.2. The molecule has 2 heterocycles. The highest BCUT2D eigenvalue weighted by molar-refractivity contribution is 7.99. The lowest BCUT2D eigenvalue weighted by Crippen LogP contribution is -2.15. The van der Waals surface area contributed by atoms with Crippen molar-refractivity contribution in [3.63, 3.8) is 0 Å². The number of ether oxygens (including phenoxy) is 1. The monoisotopic (exact) mass is 460 g/mol. The molecule has 0 radical (unpaired) electrons. The summed E-state index contributed by atoms with van der Waals surface area (Å²) in [5, 5.41) is 11.9. The average molecular weight is 461 g/mol. The number of nitrogens with one attached hydrogen (secondary N) is 1. The summed E-state index contributed by atoms with van der Waals surface area (Å²) < 4.78 is 7.10. The molecule has 10 heteroatoms. The lowest BCUT2D eigenvalue weighted by atomic mass is 10.2. The molecule has 4 rings (SSSR count). The van der Waals surface area contributed by atoms with Crippen LogP contribution in [0.2, 0.25) is 0 Å². The number of primary amides is 1. The van der Waals surface area contributed by atoms with Crippen LogP contribution in [0, 0.1) is 0 Å². The highest BCUT2D eigenvalue weighted by Gasteiger charge is 2.18. The van der Waals surface area contributed by atoms with Crippen molar-refractivity contribution in [3.8, 4) is 23.0 Å². The van der Waals surface area contributed by atoms with Gasteiger partial charge in [-0.05, 0) is 60.7 Å². The summed E-state index contributed by atoms with van der Waals surface area (Å²) in [6, 6.07) is 19.4. The van der Waals surface area contributed by atoms with E-state index < -0.39 is 5.91 Å². The van der Waals surface area contributed by atoms with Crippen LogP contribution in [0.4, 0.5) is 5.69 Å². The Kier molecular flexibility index (Phi) is 6.65. The number of hydrogen-bond acceptors (Lipinski definition) is 7. The van der Waals surface area contributed by atoms with Gasteiger partial charge in [-0.25, -0.2) is 0 Å². The fraction of sp³-hybridized carbons (Fsp3) is 0.0870. The van der Waals surface area contributed by atoms with Crippen molar-refractivity contribution < 1.29 is 14.3 Å². The number of thioether (sulfide) groups is 1. The molecule has 0 unspecified atom stereocenters. The van der Waals surface area contributed by atoms with Crippen molar-refractivity contribution >= 4 is 29.3 Å². The Balaban J connectivity index is 1.55. The van der Waals surface area contributed by atoms with E-state index in [1.165, 1.54) is 11.8 Å². The molecule has 166 valence electrons. The molecule has 4 aromatic rings. The number of benzene rings is 2. The van der Waals surface area contributed by atoms with E-state index in [2.05, 4.69) is 20.5 Å². The van der Waals surface area contributed by atoms with Gasteiger partial charge in [0.2, 0.25) is 11.8 Å². The molecule has 2 aromatic heterocycles. The number of aromatic nitrogens is 4. The molecule has 0 aliphatic rings. The topological polar surface area (TPSA) is 125 Å². The molecule has 9 nitrogen and oxygen atoms in total. The molecule has 0 bridgehead atoms. The van der Waals surface area contributed by atoms with E-state index in [-0.39, 0.29) is 11.7 Å². The Labute approximate surface area is 194 Å². The summed E-state index contributed by atoms with van der Waals surface area (Å²) >= 11 is 1.25. The van der Waals surface area contributed by atoms with Crippen LogP contribution < -0.4 is 15.8 Å². The minimum absolute atomic E-state index is 0.105. The van der Waals surface area contributed by atoms with E-state index in [0.29, 0.717) is 27.9 Å². The second kappa shape index (κ2) is 9.96. The molecule has 2 amide bonds. The zero-order valence-corrected chi connectivity index (χ0v) is 18.5. The molecule has 2 aromatic carbocycles. The normalized spacial score (nSPS) is 10.6. The second-order valence-corrected chi connectivity index (χ2v) is 7.78. The standard InChI is InChI=1S/C23H20N6O3S/c1-32-18-11-9-17(10-12-18)29-22(19-4-2-3-13-25-19)27-28-23(29)33-14-20(30)26-16-7-5-15(6-8-16)21(24)31/h2-13H,14H2,1H3,(H2,24,31)(H,26,30). The zero-order valence-electron chi connectivity index (χ0n) is 17.6. The number of nitrogens with two attached hydrogens (primary N) is 1. The summed E-state index contributed by atoms with van der Waals surface area (Å²) in [6.45, 7) is 0. The molecular formula is C23H20N6O3S. The molecule has 0 spiro atoms. The fourth-order valence-corrected chi connectivity index (χ4v) is 3.79. The Morgan fingerprint density at radius 2 is 1.79 bits per heavy atom. The highest BCUT2D eigenvalue weighted by Crippen LogP contribution is 2.28. The Morgan fingerprint density at radius 3 is 2.42 bits per heavy atom. The maximum atomic E-state index is 12.5. The van der Waals surface area contributed by atoms with Gasteiger partial charge in [-0.1, -0.05) is 17.8 Å². The van der Waals surface area contributed by atoms with Crippen molar-refractivity contribution in [1.29, 1.82) is 0 Å². The van der Waals surface area contributed by atoms with E-state index in [0.717, 1.165) is 11.4 Å². The summed E-state index contributed by atoms with van der Waals surface area (Å²) in [5.41, 5.74) is 7.65. The minimum atomic E-state index is -0.523. The van der Waals surface area contributed by atoms with Crippen LogP contribution in [-0.4, -0.2) is 44.4 Å². The molecule has 33 heavy (non-hydrogen) atoms. The molecule has 3 N–H and O–H groups in total. The number of amides is 2. The van der Waals surface area contributed by atoms with Gasteiger partial charge in [0.1, 0.15) is 11.4 Å². The summed E-state index contributed by atoms with van der Waals surface area (Å²) in [6.07, 6.45) is 1.69. The molecule has 0 atom stereocenters. The number of anilines is 1. The number of carbonyl (C=O) groups excluding carboxylic acids is 2. The summed E-state index contributed by atoms with van der Waals surface area (Å²) in [5.74, 6) is 0.641. The van der Waals surface area contributed by atoms with Crippen LogP contribution in [-0.2, 0) is 4.79 Å². The fourth-order valence-electron chi connectivity index (χ4n) is 3.03. The first-order valence-corrected chi connectivity index (χ1v) is 10.9. The quantitative estimate of drug-likeness (QED) is 0.387. The van der Waals surface area contributed by atoms with Crippen molar-refractivity contribution in [2.45, 2.75) is 5.16 Å². The predicted octanol–water partition coefficient (Wildman–Crippen LogP) is 3.17. The van der Waals surface area contributed by atoms with Gasteiger partial charge in [0.25, 0.3) is 0 Å². The first-order chi connectivity index (χ1) is 16.0. The number of methoxy groups -OCH3 is 1. The summed E-state index contributed by atoms with van der Waals surface area (Å²) in [4.78, 5) is 28.1. The van der Waals surface area contributed by atoms with Crippen LogP contribution in [0.3, 0.4) is 0 Å². The third kappa shape index (κ3) is 5.18. The maximum absolute atomic E-state index is 12.5. The number of carbonyl (C=O) groups is 2. The van der Waals surface area contributed by atoms with Gasteiger partial charge in [-0.15, -0.1) is 10.2 Å². The Bertz CT molecular complexity index is 1260. The minimum Gasteiger partial charge on any atom is -0.497 e. The molecular weight excluding hydrogens is 440 g/mol. The van der Waals surface area contributed by atoms with Gasteiger partial charge in [0.15, 0.2) is 11.0 Å². The lowest BCUT2D eigenvalue weighted by Gasteiger charge is -2.11. The number of rotatable bonds is 8. The molecule has 0 saturated heterocycles. The van der Waals surface area contributed by atoms with Crippen molar-refractivity contribution in [1.82, 2.24) is 19.7 Å². The molecule has 0 aliphatic heterocycles. The van der Waals surface area contributed by atoms with Gasteiger partial charge in [-0.2, -0.15) is 0 Å². The van der Waals surface area contributed by atoms with Crippen molar-refractivity contribution in [2.24, 2.45) is 5.73 Å². The first kappa shape index (κ1) is 22.0. The molecule has 0 fully saturated rings. The lowest BCUT2D eigenvalue weighted by molar-refractivity contribution is -0.113. The number of pyridine rings is 1. The van der Waals surface area contributed by atoms with Crippen LogP contribution in [0.1, 0.15) is 10.4 Å².